The molecule has 2 aliphatic heterocycles. The molecule has 0 fully saturated rings. The molecule has 0 saturated carbocycles. The van der Waals surface area contributed by atoms with Crippen LogP contribution in [0.5, 0.6) is 5.75 Å². The largest absolute Gasteiger partial charge is 0.496 e. The number of rotatable bonds is 8. The number of thioether (sulfide) groups is 1. The molecule has 0 aliphatic carbocycles. The quantitative estimate of drug-likeness (QED) is 0.563. The third-order valence-electron chi connectivity index (χ3n) is 5.74. The lowest BCUT2D eigenvalue weighted by Crippen LogP contribution is -2.38. The number of nitrogens with one attached hydrogen (secondary N) is 1. The van der Waals surface area contributed by atoms with Gasteiger partial charge in [0.2, 0.25) is 5.91 Å². The number of carbonyl (C=O) groups excluding carboxylic acids is 2. The number of aliphatic imine (C=N–C) groups is 1. The van der Waals surface area contributed by atoms with E-state index in [-0.39, 0.29) is 12.3 Å². The van der Waals surface area contributed by atoms with Gasteiger partial charge in [-0.1, -0.05) is 67.2 Å². The van der Waals surface area contributed by atoms with Crippen LogP contribution in [0.15, 0.2) is 82.0 Å². The van der Waals surface area contributed by atoms with Crippen LogP contribution in [0.4, 0.5) is 0 Å². The average Bonchev–Trinajstić information content (AvgIpc) is 3.28. The summed E-state index contributed by atoms with van der Waals surface area (Å²) >= 11 is 1.45. The van der Waals surface area contributed by atoms with E-state index in [2.05, 4.69) is 5.32 Å². The van der Waals surface area contributed by atoms with Crippen LogP contribution < -0.4 is 10.1 Å². The van der Waals surface area contributed by atoms with Crippen molar-refractivity contribution in [2.24, 2.45) is 4.99 Å². The van der Waals surface area contributed by atoms with Gasteiger partial charge < -0.3 is 19.7 Å². The summed E-state index contributed by atoms with van der Waals surface area (Å²) in [5, 5.41) is 5.64. The van der Waals surface area contributed by atoms with Crippen molar-refractivity contribution in [3.8, 4) is 5.75 Å². The number of methoxy groups -OCH3 is 2. The second-order valence-corrected chi connectivity index (χ2v) is 8.62. The number of carbonyl (C=O) groups is 2. The SMILES string of the molecule is CCC1=C(C(=O)OC)C(c2ccccc2OC)N2C(CC(=O)NCc3ccccc3)=CSC2=N1. The Morgan fingerprint density at radius 1 is 1.09 bits per heavy atom. The number of para-hydroxylation sites is 1. The van der Waals surface area contributed by atoms with E-state index >= 15 is 0 Å². The summed E-state index contributed by atoms with van der Waals surface area (Å²) in [4.78, 5) is 32.5. The van der Waals surface area contributed by atoms with E-state index < -0.39 is 12.0 Å². The molecule has 2 heterocycles. The molecular formula is C26H27N3O4S. The lowest BCUT2D eigenvalue weighted by Gasteiger charge is -2.37. The first kappa shape index (κ1) is 23.6. The lowest BCUT2D eigenvalue weighted by molar-refractivity contribution is -0.136. The van der Waals surface area contributed by atoms with Crippen LogP contribution in [0.2, 0.25) is 0 Å². The van der Waals surface area contributed by atoms with Gasteiger partial charge in [-0.3, -0.25) is 4.79 Å². The minimum atomic E-state index is -0.519. The summed E-state index contributed by atoms with van der Waals surface area (Å²) in [6.07, 6.45) is 0.724. The number of ether oxygens (including phenoxy) is 2. The third kappa shape index (κ3) is 4.72. The van der Waals surface area contributed by atoms with Gasteiger partial charge in [-0.25, -0.2) is 9.79 Å². The van der Waals surface area contributed by atoms with Gasteiger partial charge in [0, 0.05) is 17.8 Å². The topological polar surface area (TPSA) is 80.2 Å². The zero-order valence-corrected chi connectivity index (χ0v) is 20.2. The van der Waals surface area contributed by atoms with E-state index in [0.717, 1.165) is 22.0 Å². The molecule has 0 saturated heterocycles. The summed E-state index contributed by atoms with van der Waals surface area (Å²) < 4.78 is 10.8. The molecule has 34 heavy (non-hydrogen) atoms. The predicted molar refractivity (Wildman–Crippen MR) is 133 cm³/mol. The maximum Gasteiger partial charge on any atom is 0.338 e. The van der Waals surface area contributed by atoms with Crippen LogP contribution in [-0.2, 0) is 20.9 Å². The number of fused-ring (bicyclic) bond motifs is 1. The molecule has 0 spiro atoms. The number of esters is 1. The Morgan fingerprint density at radius 3 is 2.53 bits per heavy atom. The second kappa shape index (κ2) is 10.6. The van der Waals surface area contributed by atoms with Gasteiger partial charge in [-0.05, 0) is 23.5 Å². The van der Waals surface area contributed by atoms with Crippen LogP contribution in [-0.4, -0.2) is 36.2 Å². The number of benzene rings is 2. The highest BCUT2D eigenvalue weighted by atomic mass is 32.2. The Kier molecular flexibility index (Phi) is 7.37. The molecule has 0 bridgehead atoms. The van der Waals surface area contributed by atoms with E-state index in [9.17, 15) is 9.59 Å². The third-order valence-corrected chi connectivity index (χ3v) is 6.63. The van der Waals surface area contributed by atoms with Crippen LogP contribution in [0.1, 0.15) is 36.9 Å². The highest BCUT2D eigenvalue weighted by Gasteiger charge is 2.42. The standard InChI is InChI=1S/C26H27N3O4S/c1-4-20-23(25(31)33-3)24(19-12-8-9-13-21(19)32-2)29-18(16-34-26(29)28-20)14-22(30)27-15-17-10-6-5-7-11-17/h5-13,16,24H,4,14-15H2,1-3H3,(H,27,30). The van der Waals surface area contributed by atoms with E-state index in [1.807, 2.05) is 71.8 Å². The first-order valence-electron chi connectivity index (χ1n) is 11.1. The van der Waals surface area contributed by atoms with Crippen LogP contribution >= 0.6 is 11.8 Å². The smallest absolute Gasteiger partial charge is 0.338 e. The van der Waals surface area contributed by atoms with Crippen molar-refractivity contribution in [1.82, 2.24) is 10.2 Å². The fraction of sp³-hybridized carbons (Fsp3) is 0.269. The normalized spacial score (nSPS) is 17.0. The number of allylic oxidation sites excluding steroid dienone is 1. The number of amides is 1. The van der Waals surface area contributed by atoms with Gasteiger partial charge in [-0.2, -0.15) is 0 Å². The van der Waals surface area contributed by atoms with Gasteiger partial charge in [0.1, 0.15) is 5.75 Å². The summed E-state index contributed by atoms with van der Waals surface area (Å²) in [5.41, 5.74) is 3.73. The molecule has 2 aromatic rings. The number of hydrogen-bond donors (Lipinski definition) is 1. The van der Waals surface area contributed by atoms with Crippen LogP contribution in [0.3, 0.4) is 0 Å². The molecule has 0 aromatic heterocycles. The highest BCUT2D eigenvalue weighted by Crippen LogP contribution is 2.47. The summed E-state index contributed by atoms with van der Waals surface area (Å²) in [7, 11) is 2.97. The van der Waals surface area contributed by atoms with Gasteiger partial charge in [0.15, 0.2) is 5.17 Å². The van der Waals surface area contributed by atoms with Gasteiger partial charge in [0.05, 0.1) is 38.0 Å². The molecule has 7 nitrogen and oxygen atoms in total. The van der Waals surface area contributed by atoms with Crippen LogP contribution in [0, 0.1) is 0 Å². The maximum atomic E-state index is 13.0. The summed E-state index contributed by atoms with van der Waals surface area (Å²) in [6.45, 7) is 2.41. The van der Waals surface area contributed by atoms with Gasteiger partial charge >= 0.3 is 5.97 Å². The fourth-order valence-corrected chi connectivity index (χ4v) is 5.06. The maximum absolute atomic E-state index is 13.0. The van der Waals surface area contributed by atoms with Crippen molar-refractivity contribution in [2.45, 2.75) is 32.4 Å². The predicted octanol–water partition coefficient (Wildman–Crippen LogP) is 4.54. The Balaban J connectivity index is 1.67. The van der Waals surface area contributed by atoms with Crippen molar-refractivity contribution in [3.63, 3.8) is 0 Å². The Bertz CT molecular complexity index is 1170. The van der Waals surface area contributed by atoms with E-state index in [1.54, 1.807) is 7.11 Å². The number of hydrogen-bond acceptors (Lipinski definition) is 7. The molecule has 2 aliphatic rings. The van der Waals surface area contributed by atoms with Crippen molar-refractivity contribution in [1.29, 1.82) is 0 Å². The molecule has 176 valence electrons. The zero-order chi connectivity index (χ0) is 24.1. The van der Waals surface area contributed by atoms with E-state index in [0.29, 0.717) is 30.0 Å². The highest BCUT2D eigenvalue weighted by molar-refractivity contribution is 8.16. The Hall–Kier alpha value is -3.52. The second-order valence-electron chi connectivity index (χ2n) is 7.78. The molecule has 1 amide bonds. The molecular weight excluding hydrogens is 450 g/mol. The summed E-state index contributed by atoms with van der Waals surface area (Å²) in [5.74, 6) is 0.0938. The Morgan fingerprint density at radius 2 is 1.82 bits per heavy atom. The average molecular weight is 478 g/mol. The molecule has 1 N–H and O–H groups in total. The zero-order valence-electron chi connectivity index (χ0n) is 19.4. The number of amidine groups is 1. The lowest BCUT2D eigenvalue weighted by atomic mass is 9.92. The van der Waals surface area contributed by atoms with Crippen molar-refractivity contribution in [2.75, 3.05) is 14.2 Å². The van der Waals surface area contributed by atoms with E-state index in [1.165, 1.54) is 18.9 Å². The Labute approximate surface area is 203 Å². The van der Waals surface area contributed by atoms with Crippen molar-refractivity contribution in [3.05, 3.63) is 88.1 Å². The molecule has 2 aromatic carbocycles. The molecule has 0 radical (unpaired) electrons. The van der Waals surface area contributed by atoms with Crippen molar-refractivity contribution >= 4 is 28.8 Å². The molecule has 4 rings (SSSR count). The first-order chi connectivity index (χ1) is 16.6. The van der Waals surface area contributed by atoms with E-state index in [4.69, 9.17) is 14.5 Å². The minimum Gasteiger partial charge on any atom is -0.496 e. The number of nitrogens with zero attached hydrogens (tertiary/aromatic N) is 2. The molecule has 1 atom stereocenters. The molecule has 8 heteroatoms. The fourth-order valence-electron chi connectivity index (χ4n) is 4.12. The molecule has 1 unspecified atom stereocenters. The summed E-state index contributed by atoms with van der Waals surface area (Å²) in [6, 6.07) is 16.8. The monoisotopic (exact) mass is 477 g/mol. The van der Waals surface area contributed by atoms with Gasteiger partial charge in [-0.15, -0.1) is 0 Å². The van der Waals surface area contributed by atoms with Gasteiger partial charge in [0.25, 0.3) is 0 Å². The first-order valence-corrected chi connectivity index (χ1v) is 11.9. The van der Waals surface area contributed by atoms with Crippen LogP contribution in [0.25, 0.3) is 0 Å². The van der Waals surface area contributed by atoms with Crippen molar-refractivity contribution < 1.29 is 19.1 Å². The minimum absolute atomic E-state index is 0.111.